The van der Waals surface area contributed by atoms with Crippen molar-refractivity contribution in [1.82, 2.24) is 0 Å². The predicted molar refractivity (Wildman–Crippen MR) is 57.5 cm³/mol. The third-order valence-electron chi connectivity index (χ3n) is 2.74. The molecule has 1 nitrogen and oxygen atoms in total. The quantitative estimate of drug-likeness (QED) is 0.817. The van der Waals surface area contributed by atoms with Crippen molar-refractivity contribution in [3.05, 3.63) is 35.4 Å². The van der Waals surface area contributed by atoms with Gasteiger partial charge in [-0.15, -0.1) is 0 Å². The van der Waals surface area contributed by atoms with Crippen molar-refractivity contribution >= 4 is 0 Å². The van der Waals surface area contributed by atoms with Crippen LogP contribution in [0.2, 0.25) is 0 Å². The van der Waals surface area contributed by atoms with Gasteiger partial charge in [0.1, 0.15) is 0 Å². The van der Waals surface area contributed by atoms with Gasteiger partial charge >= 0.3 is 0 Å². The van der Waals surface area contributed by atoms with E-state index in [1.807, 2.05) is 13.8 Å². The van der Waals surface area contributed by atoms with Crippen LogP contribution in [0, 0.1) is 17.6 Å². The molecule has 0 fully saturated rings. The Hall–Kier alpha value is -0.960. The molecule has 1 rings (SSSR count). The fraction of sp³-hybridized carbons (Fsp3) is 0.500. The van der Waals surface area contributed by atoms with Crippen LogP contribution in [0.4, 0.5) is 8.78 Å². The lowest BCUT2D eigenvalue weighted by molar-refractivity contribution is 0.439. The first-order valence-electron chi connectivity index (χ1n) is 5.24. The zero-order valence-electron chi connectivity index (χ0n) is 9.13. The molecule has 0 aromatic heterocycles. The molecule has 0 amide bonds. The fourth-order valence-electron chi connectivity index (χ4n) is 1.59. The highest BCUT2D eigenvalue weighted by Crippen LogP contribution is 2.15. The van der Waals surface area contributed by atoms with Crippen molar-refractivity contribution in [3.63, 3.8) is 0 Å². The maximum absolute atomic E-state index is 12.9. The Bertz CT molecular complexity index is 325. The summed E-state index contributed by atoms with van der Waals surface area (Å²) in [5.41, 5.74) is 6.66. The molecule has 0 saturated heterocycles. The van der Waals surface area contributed by atoms with Crippen LogP contribution in [0.3, 0.4) is 0 Å². The minimum atomic E-state index is -0.800. The van der Waals surface area contributed by atoms with Crippen LogP contribution in [0.5, 0.6) is 0 Å². The van der Waals surface area contributed by atoms with E-state index >= 15 is 0 Å². The molecule has 1 aromatic carbocycles. The van der Waals surface area contributed by atoms with E-state index in [4.69, 9.17) is 5.73 Å². The van der Waals surface area contributed by atoms with Crippen LogP contribution in [-0.4, -0.2) is 6.04 Å². The molecule has 0 saturated carbocycles. The molecule has 0 spiro atoms. The van der Waals surface area contributed by atoms with E-state index < -0.39 is 11.6 Å². The van der Waals surface area contributed by atoms with Gasteiger partial charge in [0.2, 0.25) is 0 Å². The highest BCUT2D eigenvalue weighted by Gasteiger charge is 2.12. The Labute approximate surface area is 89.3 Å². The van der Waals surface area contributed by atoms with Crippen molar-refractivity contribution in [3.8, 4) is 0 Å². The first-order chi connectivity index (χ1) is 7.04. The summed E-state index contributed by atoms with van der Waals surface area (Å²) >= 11 is 0. The summed E-state index contributed by atoms with van der Waals surface area (Å²) in [6.07, 6.45) is 1.58. The maximum atomic E-state index is 12.9. The van der Waals surface area contributed by atoms with Gasteiger partial charge in [0.05, 0.1) is 0 Å². The molecule has 1 aromatic rings. The molecule has 0 aliphatic heterocycles. The smallest absolute Gasteiger partial charge is 0.159 e. The van der Waals surface area contributed by atoms with E-state index in [2.05, 4.69) is 0 Å². The topological polar surface area (TPSA) is 26.0 Å². The molecular formula is C12H17F2N. The van der Waals surface area contributed by atoms with E-state index in [1.54, 1.807) is 6.07 Å². The summed E-state index contributed by atoms with van der Waals surface area (Å²) < 4.78 is 25.6. The summed E-state index contributed by atoms with van der Waals surface area (Å²) in [4.78, 5) is 0. The number of nitrogens with two attached hydrogens (primary N) is 1. The summed E-state index contributed by atoms with van der Waals surface area (Å²) in [7, 11) is 0. The van der Waals surface area contributed by atoms with Crippen molar-refractivity contribution in [2.75, 3.05) is 0 Å². The summed E-state index contributed by atoms with van der Waals surface area (Å²) in [6, 6.07) is 4.12. The third kappa shape index (κ3) is 3.27. The average Bonchev–Trinajstić information content (AvgIpc) is 2.22. The van der Waals surface area contributed by atoms with Gasteiger partial charge in [-0.1, -0.05) is 19.9 Å². The van der Waals surface area contributed by atoms with Gasteiger partial charge in [0.15, 0.2) is 11.6 Å². The third-order valence-corrected chi connectivity index (χ3v) is 2.74. The second kappa shape index (κ2) is 5.21. The predicted octanol–water partition coefficient (Wildman–Crippen LogP) is 2.88. The Morgan fingerprint density at radius 1 is 1.27 bits per heavy atom. The van der Waals surface area contributed by atoms with Crippen LogP contribution in [0.25, 0.3) is 0 Å². The SMILES string of the molecule is CCC(N)C(C)Cc1ccc(F)c(F)c1. The first kappa shape index (κ1) is 12.1. The van der Waals surface area contributed by atoms with E-state index in [1.165, 1.54) is 6.07 Å². The van der Waals surface area contributed by atoms with Gasteiger partial charge in [0.25, 0.3) is 0 Å². The number of hydrogen-bond donors (Lipinski definition) is 1. The number of halogens is 2. The molecule has 0 aliphatic carbocycles. The monoisotopic (exact) mass is 213 g/mol. The van der Waals surface area contributed by atoms with Crippen molar-refractivity contribution < 1.29 is 8.78 Å². The molecule has 2 atom stereocenters. The van der Waals surface area contributed by atoms with Gasteiger partial charge in [-0.2, -0.15) is 0 Å². The summed E-state index contributed by atoms with van der Waals surface area (Å²) in [6.45, 7) is 4.04. The average molecular weight is 213 g/mol. The maximum Gasteiger partial charge on any atom is 0.159 e. The Balaban J connectivity index is 2.68. The minimum Gasteiger partial charge on any atom is -0.327 e. The molecule has 3 heteroatoms. The summed E-state index contributed by atoms with van der Waals surface area (Å²) in [5.74, 6) is -1.31. The molecular weight excluding hydrogens is 196 g/mol. The molecule has 0 aliphatic rings. The molecule has 84 valence electrons. The second-order valence-electron chi connectivity index (χ2n) is 4.00. The largest absolute Gasteiger partial charge is 0.327 e. The van der Waals surface area contributed by atoms with Gasteiger partial charge < -0.3 is 5.73 Å². The number of rotatable bonds is 4. The molecule has 2 unspecified atom stereocenters. The van der Waals surface area contributed by atoms with Gasteiger partial charge in [-0.25, -0.2) is 8.78 Å². The van der Waals surface area contributed by atoms with Gasteiger partial charge in [-0.05, 0) is 36.5 Å². The Kier molecular flexibility index (Phi) is 4.21. The highest BCUT2D eigenvalue weighted by atomic mass is 19.2. The number of hydrogen-bond acceptors (Lipinski definition) is 1. The second-order valence-corrected chi connectivity index (χ2v) is 4.00. The van der Waals surface area contributed by atoms with Crippen LogP contribution in [0.15, 0.2) is 18.2 Å². The molecule has 0 heterocycles. The first-order valence-corrected chi connectivity index (χ1v) is 5.24. The zero-order valence-corrected chi connectivity index (χ0v) is 9.13. The zero-order chi connectivity index (χ0) is 11.4. The fourth-order valence-corrected chi connectivity index (χ4v) is 1.59. The van der Waals surface area contributed by atoms with E-state index in [0.717, 1.165) is 18.1 Å². The Morgan fingerprint density at radius 3 is 2.47 bits per heavy atom. The highest BCUT2D eigenvalue weighted by molar-refractivity contribution is 5.18. The Morgan fingerprint density at radius 2 is 1.93 bits per heavy atom. The van der Waals surface area contributed by atoms with Crippen molar-refractivity contribution in [2.45, 2.75) is 32.7 Å². The van der Waals surface area contributed by atoms with E-state index in [9.17, 15) is 8.78 Å². The standard InChI is InChI=1S/C12H17F2N/c1-3-12(15)8(2)6-9-4-5-10(13)11(14)7-9/h4-5,7-8,12H,3,6,15H2,1-2H3. The van der Waals surface area contributed by atoms with Crippen LogP contribution >= 0.6 is 0 Å². The number of benzene rings is 1. The lowest BCUT2D eigenvalue weighted by atomic mass is 9.93. The van der Waals surface area contributed by atoms with Crippen LogP contribution in [-0.2, 0) is 6.42 Å². The lowest BCUT2D eigenvalue weighted by Gasteiger charge is -2.18. The van der Waals surface area contributed by atoms with Gasteiger partial charge in [0, 0.05) is 6.04 Å². The van der Waals surface area contributed by atoms with E-state index in [0.29, 0.717) is 6.42 Å². The molecule has 0 bridgehead atoms. The van der Waals surface area contributed by atoms with Crippen LogP contribution < -0.4 is 5.73 Å². The summed E-state index contributed by atoms with van der Waals surface area (Å²) in [5, 5.41) is 0. The van der Waals surface area contributed by atoms with E-state index in [-0.39, 0.29) is 12.0 Å². The normalized spacial score (nSPS) is 15.0. The minimum absolute atomic E-state index is 0.109. The van der Waals surface area contributed by atoms with Crippen molar-refractivity contribution in [1.29, 1.82) is 0 Å². The van der Waals surface area contributed by atoms with Crippen LogP contribution in [0.1, 0.15) is 25.8 Å². The lowest BCUT2D eigenvalue weighted by Crippen LogP contribution is -2.28. The molecule has 0 radical (unpaired) electrons. The van der Waals surface area contributed by atoms with Gasteiger partial charge in [-0.3, -0.25) is 0 Å². The molecule has 15 heavy (non-hydrogen) atoms. The van der Waals surface area contributed by atoms with Crippen molar-refractivity contribution in [2.24, 2.45) is 11.7 Å². The molecule has 2 N–H and O–H groups in total.